The summed E-state index contributed by atoms with van der Waals surface area (Å²) in [5.41, 5.74) is 1.69. The molecule has 0 fully saturated rings. The molecule has 0 aliphatic carbocycles. The maximum Gasteiger partial charge on any atom is 0.273 e. The molecule has 146 valence electrons. The lowest BCUT2D eigenvalue weighted by Gasteiger charge is -2.13. The molecule has 2 amide bonds. The first-order valence-electron chi connectivity index (χ1n) is 8.88. The summed E-state index contributed by atoms with van der Waals surface area (Å²) in [6.45, 7) is 4.83. The summed E-state index contributed by atoms with van der Waals surface area (Å²) in [6.07, 6.45) is 5.09. The molecule has 2 heterocycles. The van der Waals surface area contributed by atoms with Gasteiger partial charge in [0.25, 0.3) is 5.91 Å². The molecule has 28 heavy (non-hydrogen) atoms. The van der Waals surface area contributed by atoms with Crippen LogP contribution in [0.5, 0.6) is 0 Å². The zero-order valence-electron chi connectivity index (χ0n) is 15.6. The Bertz CT molecular complexity index is 980. The number of nitrogens with zero attached hydrogens (tertiary/aromatic N) is 4. The van der Waals surface area contributed by atoms with Crippen molar-refractivity contribution in [2.75, 3.05) is 10.6 Å². The number of rotatable bonds is 7. The Labute approximate surface area is 171 Å². The average molecular weight is 445 g/mol. The van der Waals surface area contributed by atoms with Crippen molar-refractivity contribution in [2.24, 2.45) is 5.92 Å². The predicted octanol–water partition coefficient (Wildman–Crippen LogP) is 3.39. The van der Waals surface area contributed by atoms with Crippen molar-refractivity contribution in [3.05, 3.63) is 59.1 Å². The van der Waals surface area contributed by atoms with Crippen LogP contribution in [-0.2, 0) is 17.9 Å². The zero-order chi connectivity index (χ0) is 20.1. The molecule has 3 rings (SSSR count). The van der Waals surface area contributed by atoms with Crippen molar-refractivity contribution in [1.29, 1.82) is 0 Å². The van der Waals surface area contributed by atoms with Crippen LogP contribution in [0.15, 0.2) is 53.4 Å². The molecule has 3 aromatic rings. The normalized spacial score (nSPS) is 11.8. The number of benzene rings is 1. The molecule has 0 aliphatic rings. The number of nitrogens with one attached hydrogen (secondary N) is 2. The number of carbonyl (C=O) groups is 2. The van der Waals surface area contributed by atoms with Crippen LogP contribution >= 0.6 is 15.9 Å². The third kappa shape index (κ3) is 4.86. The van der Waals surface area contributed by atoms with Gasteiger partial charge in [-0.1, -0.05) is 13.0 Å². The maximum atomic E-state index is 12.5. The summed E-state index contributed by atoms with van der Waals surface area (Å²) in [5, 5.41) is 14.0. The number of aryl methyl sites for hydroxylation is 1. The van der Waals surface area contributed by atoms with E-state index in [1.807, 2.05) is 20.0 Å². The summed E-state index contributed by atoms with van der Waals surface area (Å²) in [5.74, 6) is -0.649. The number of anilines is 2. The summed E-state index contributed by atoms with van der Waals surface area (Å²) in [7, 11) is 0. The van der Waals surface area contributed by atoms with E-state index in [0.29, 0.717) is 30.2 Å². The number of hydrogen-bond acceptors (Lipinski definition) is 4. The minimum absolute atomic E-state index is 0.126. The van der Waals surface area contributed by atoms with E-state index in [-0.39, 0.29) is 17.7 Å². The first-order chi connectivity index (χ1) is 13.5. The van der Waals surface area contributed by atoms with Gasteiger partial charge in [-0.25, -0.2) is 0 Å². The molecule has 0 saturated heterocycles. The quantitative estimate of drug-likeness (QED) is 0.583. The van der Waals surface area contributed by atoms with E-state index in [9.17, 15) is 9.59 Å². The van der Waals surface area contributed by atoms with Crippen LogP contribution in [0, 0.1) is 5.92 Å². The van der Waals surface area contributed by atoms with Gasteiger partial charge in [0.2, 0.25) is 5.91 Å². The fourth-order valence-corrected chi connectivity index (χ4v) is 3.04. The molecule has 0 radical (unpaired) electrons. The highest BCUT2D eigenvalue weighted by molar-refractivity contribution is 9.10. The molecule has 0 spiro atoms. The number of aromatic nitrogens is 4. The molecule has 8 nitrogen and oxygen atoms in total. The van der Waals surface area contributed by atoms with Crippen LogP contribution in [-0.4, -0.2) is 31.4 Å². The SMILES string of the molecule is CCn1nccc1C(=O)Nc1cccc(NC(=O)C(C)Cn2cc(Br)cn2)c1. The molecule has 9 heteroatoms. The van der Waals surface area contributed by atoms with Gasteiger partial charge >= 0.3 is 0 Å². The van der Waals surface area contributed by atoms with Crippen LogP contribution in [0.25, 0.3) is 0 Å². The number of amides is 2. The summed E-state index contributed by atoms with van der Waals surface area (Å²) >= 11 is 3.34. The van der Waals surface area contributed by atoms with E-state index < -0.39 is 0 Å². The van der Waals surface area contributed by atoms with E-state index in [1.54, 1.807) is 52.1 Å². The highest BCUT2D eigenvalue weighted by Gasteiger charge is 2.15. The highest BCUT2D eigenvalue weighted by Crippen LogP contribution is 2.17. The Hall–Kier alpha value is -2.94. The third-order valence-corrected chi connectivity index (χ3v) is 4.56. The fraction of sp³-hybridized carbons (Fsp3) is 0.263. The maximum absolute atomic E-state index is 12.5. The van der Waals surface area contributed by atoms with Gasteiger partial charge < -0.3 is 10.6 Å². The first kappa shape index (κ1) is 19.8. The van der Waals surface area contributed by atoms with Crippen LogP contribution in [0.2, 0.25) is 0 Å². The minimum atomic E-state index is -0.274. The fourth-order valence-electron chi connectivity index (χ4n) is 2.71. The van der Waals surface area contributed by atoms with Gasteiger partial charge in [0.05, 0.1) is 23.1 Å². The second-order valence-corrected chi connectivity index (χ2v) is 7.25. The lowest BCUT2D eigenvalue weighted by molar-refractivity contribution is -0.119. The third-order valence-electron chi connectivity index (χ3n) is 4.15. The van der Waals surface area contributed by atoms with Crippen molar-refractivity contribution >= 4 is 39.1 Å². The molecule has 1 aromatic carbocycles. The van der Waals surface area contributed by atoms with Gasteiger partial charge in [-0.2, -0.15) is 10.2 Å². The monoisotopic (exact) mass is 444 g/mol. The van der Waals surface area contributed by atoms with Crippen molar-refractivity contribution < 1.29 is 9.59 Å². The Kier molecular flexibility index (Phi) is 6.25. The second-order valence-electron chi connectivity index (χ2n) is 6.34. The van der Waals surface area contributed by atoms with E-state index in [1.165, 1.54) is 0 Å². The van der Waals surface area contributed by atoms with Crippen LogP contribution in [0.4, 0.5) is 11.4 Å². The zero-order valence-corrected chi connectivity index (χ0v) is 17.2. The summed E-state index contributed by atoms with van der Waals surface area (Å²) in [6, 6.07) is 8.71. The van der Waals surface area contributed by atoms with E-state index in [0.717, 1.165) is 4.47 Å². The van der Waals surface area contributed by atoms with E-state index >= 15 is 0 Å². The Balaban J connectivity index is 1.62. The highest BCUT2D eigenvalue weighted by atomic mass is 79.9. The number of halogens is 1. The van der Waals surface area contributed by atoms with Crippen molar-refractivity contribution in [3.8, 4) is 0 Å². The molecular weight excluding hydrogens is 424 g/mol. The molecule has 2 N–H and O–H groups in total. The van der Waals surface area contributed by atoms with Crippen LogP contribution in [0.3, 0.4) is 0 Å². The number of carbonyl (C=O) groups excluding carboxylic acids is 2. The summed E-state index contributed by atoms with van der Waals surface area (Å²) in [4.78, 5) is 24.9. The molecule has 0 bridgehead atoms. The number of hydrogen-bond donors (Lipinski definition) is 2. The Morgan fingerprint density at radius 2 is 1.93 bits per heavy atom. The first-order valence-corrected chi connectivity index (χ1v) is 9.67. The van der Waals surface area contributed by atoms with Crippen LogP contribution in [0.1, 0.15) is 24.3 Å². The Morgan fingerprint density at radius 3 is 2.61 bits per heavy atom. The second kappa shape index (κ2) is 8.83. The van der Waals surface area contributed by atoms with Crippen LogP contribution < -0.4 is 10.6 Å². The van der Waals surface area contributed by atoms with Crippen molar-refractivity contribution in [2.45, 2.75) is 26.9 Å². The van der Waals surface area contributed by atoms with Gasteiger partial charge in [-0.3, -0.25) is 19.0 Å². The van der Waals surface area contributed by atoms with E-state index in [2.05, 4.69) is 36.8 Å². The van der Waals surface area contributed by atoms with Crippen molar-refractivity contribution in [3.63, 3.8) is 0 Å². The topological polar surface area (TPSA) is 93.8 Å². The molecular formula is C19H21BrN6O2. The van der Waals surface area contributed by atoms with Gasteiger partial charge in [0, 0.05) is 30.3 Å². The van der Waals surface area contributed by atoms with Gasteiger partial charge in [-0.05, 0) is 47.1 Å². The minimum Gasteiger partial charge on any atom is -0.326 e. The average Bonchev–Trinajstić information content (AvgIpc) is 3.30. The molecule has 1 unspecified atom stereocenters. The van der Waals surface area contributed by atoms with Gasteiger partial charge in [0.15, 0.2) is 0 Å². The largest absolute Gasteiger partial charge is 0.326 e. The molecule has 2 aromatic heterocycles. The standard InChI is InChI=1S/C19H21BrN6O2/c1-3-26-17(7-8-21-26)19(28)24-16-6-4-5-15(9-16)23-18(27)13(2)11-25-12-14(20)10-22-25/h4-10,12-13H,3,11H2,1-2H3,(H,23,27)(H,24,28). The van der Waals surface area contributed by atoms with Gasteiger partial charge in [-0.15, -0.1) is 0 Å². The Morgan fingerprint density at radius 1 is 1.18 bits per heavy atom. The van der Waals surface area contributed by atoms with Gasteiger partial charge in [0.1, 0.15) is 5.69 Å². The molecule has 0 aliphatic heterocycles. The van der Waals surface area contributed by atoms with Crippen molar-refractivity contribution in [1.82, 2.24) is 19.6 Å². The lowest BCUT2D eigenvalue weighted by atomic mass is 10.1. The summed E-state index contributed by atoms with van der Waals surface area (Å²) < 4.78 is 4.20. The molecule has 1 atom stereocenters. The smallest absolute Gasteiger partial charge is 0.273 e. The predicted molar refractivity (Wildman–Crippen MR) is 110 cm³/mol. The molecule has 0 saturated carbocycles. The van der Waals surface area contributed by atoms with E-state index in [4.69, 9.17) is 0 Å². The lowest BCUT2D eigenvalue weighted by Crippen LogP contribution is -2.24.